The lowest BCUT2D eigenvalue weighted by Gasteiger charge is -2.39. The molecule has 0 saturated carbocycles. The average molecular weight is 494 g/mol. The highest BCUT2D eigenvalue weighted by Gasteiger charge is 2.30. The molecule has 0 bridgehead atoms. The fourth-order valence-electron chi connectivity index (χ4n) is 5.49. The zero-order valence-electron chi connectivity index (χ0n) is 21.0. The first-order valence-electron chi connectivity index (χ1n) is 12.9. The summed E-state index contributed by atoms with van der Waals surface area (Å²) in [6, 6.07) is 11.4. The van der Waals surface area contributed by atoms with Gasteiger partial charge in [-0.05, 0) is 105 Å². The second-order valence-corrected chi connectivity index (χ2v) is 9.83. The molecule has 6 nitrogen and oxygen atoms in total. The summed E-state index contributed by atoms with van der Waals surface area (Å²) in [4.78, 5) is 22.3. The van der Waals surface area contributed by atoms with Gasteiger partial charge in [0.1, 0.15) is 11.9 Å². The molecule has 4 rings (SSSR count). The molecule has 0 amide bonds. The van der Waals surface area contributed by atoms with E-state index < -0.39 is 12.1 Å². The molecule has 1 saturated heterocycles. The van der Waals surface area contributed by atoms with Crippen molar-refractivity contribution in [2.75, 3.05) is 26.7 Å². The molecule has 36 heavy (non-hydrogen) atoms. The quantitative estimate of drug-likeness (QED) is 0.340. The predicted octanol–water partition coefficient (Wildman–Crippen LogP) is 5.86. The Labute approximate surface area is 212 Å². The number of carboxylic acid groups (broad SMARTS) is 1. The number of halogens is 1. The molecule has 3 aromatic rings. The molecular formula is C29H36FN3O3. The van der Waals surface area contributed by atoms with Crippen LogP contribution in [0.5, 0.6) is 5.75 Å². The number of hydrogen-bond donors (Lipinski definition) is 1. The Hall–Kier alpha value is -3.06. The molecule has 0 spiro atoms. The second kappa shape index (κ2) is 12.8. The normalized spacial score (nSPS) is 19.3. The van der Waals surface area contributed by atoms with Crippen LogP contribution in [0.2, 0.25) is 0 Å². The summed E-state index contributed by atoms with van der Waals surface area (Å²) in [6.07, 6.45) is 9.27. The summed E-state index contributed by atoms with van der Waals surface area (Å²) in [5, 5.41) is 10.1. The fraction of sp³-hybridized carbons (Fsp3) is 0.483. The number of carboxylic acids is 1. The molecular weight excluding hydrogens is 457 g/mol. The number of hydrogen-bond acceptors (Lipinski definition) is 5. The number of benzene rings is 1. The maximum Gasteiger partial charge on any atom is 0.303 e. The summed E-state index contributed by atoms with van der Waals surface area (Å²) in [7, 11) is 1.60. The number of fused-ring (bicyclic) bond motifs is 1. The van der Waals surface area contributed by atoms with Crippen molar-refractivity contribution >= 4 is 16.9 Å². The zero-order valence-corrected chi connectivity index (χ0v) is 21.0. The number of alkyl halides is 1. The Morgan fingerprint density at radius 1 is 1.22 bits per heavy atom. The van der Waals surface area contributed by atoms with Crippen LogP contribution in [-0.4, -0.2) is 52.7 Å². The standard InChI is InChI=1S/C29H36FN3O3/c1-36-24-8-10-28-26(18-24)25(12-15-32-28)27(30)9-6-22-13-17-33(20-23(22)7-11-29(34)35)16-3-5-21-4-2-14-31-19-21/h2,4,8,10,12,14-15,18-19,22-23,27H,3,5-7,9,11,13,16-17,20H2,1H3,(H,34,35)/t22?,23?,27-/m0/s1. The van der Waals surface area contributed by atoms with E-state index in [1.165, 1.54) is 5.56 Å². The van der Waals surface area contributed by atoms with Gasteiger partial charge in [0.25, 0.3) is 0 Å². The van der Waals surface area contributed by atoms with E-state index in [4.69, 9.17) is 4.74 Å². The van der Waals surface area contributed by atoms with Crippen LogP contribution in [0.4, 0.5) is 4.39 Å². The van der Waals surface area contributed by atoms with E-state index in [0.29, 0.717) is 30.1 Å². The van der Waals surface area contributed by atoms with Gasteiger partial charge in [0.15, 0.2) is 0 Å². The molecule has 1 aliphatic rings. The van der Waals surface area contributed by atoms with Gasteiger partial charge in [-0.2, -0.15) is 0 Å². The van der Waals surface area contributed by atoms with Crippen molar-refractivity contribution in [1.82, 2.24) is 14.9 Å². The van der Waals surface area contributed by atoms with E-state index in [0.717, 1.165) is 56.2 Å². The summed E-state index contributed by atoms with van der Waals surface area (Å²) in [5.74, 6) is 0.533. The van der Waals surface area contributed by atoms with Crippen LogP contribution in [0.1, 0.15) is 55.8 Å². The van der Waals surface area contributed by atoms with E-state index in [1.54, 1.807) is 25.6 Å². The van der Waals surface area contributed by atoms with Gasteiger partial charge in [-0.25, -0.2) is 4.39 Å². The minimum absolute atomic E-state index is 0.165. The van der Waals surface area contributed by atoms with Crippen LogP contribution in [-0.2, 0) is 11.2 Å². The number of likely N-dealkylation sites (tertiary alicyclic amines) is 1. The Balaban J connectivity index is 1.35. The maximum absolute atomic E-state index is 15.5. The van der Waals surface area contributed by atoms with Gasteiger partial charge in [0, 0.05) is 36.9 Å². The van der Waals surface area contributed by atoms with Gasteiger partial charge in [-0.3, -0.25) is 14.8 Å². The fourth-order valence-corrected chi connectivity index (χ4v) is 5.49. The Morgan fingerprint density at radius 2 is 2.11 bits per heavy atom. The SMILES string of the molecule is COc1ccc2nccc([C@@H](F)CCC3CCN(CCCc4cccnc4)CC3CCC(=O)O)c2c1. The van der Waals surface area contributed by atoms with Crippen LogP contribution < -0.4 is 4.74 Å². The number of pyridine rings is 2. The number of aryl methyl sites for hydroxylation is 1. The van der Waals surface area contributed by atoms with Crippen molar-refractivity contribution in [3.63, 3.8) is 0 Å². The molecule has 1 fully saturated rings. The first kappa shape index (κ1) is 26.0. The van der Waals surface area contributed by atoms with E-state index in [1.807, 2.05) is 30.5 Å². The largest absolute Gasteiger partial charge is 0.497 e. The molecule has 1 aliphatic heterocycles. The third kappa shape index (κ3) is 7.00. The molecule has 7 heteroatoms. The number of methoxy groups -OCH3 is 1. The predicted molar refractivity (Wildman–Crippen MR) is 139 cm³/mol. The average Bonchev–Trinajstić information content (AvgIpc) is 2.91. The lowest BCUT2D eigenvalue weighted by atomic mass is 9.79. The summed E-state index contributed by atoms with van der Waals surface area (Å²) >= 11 is 0. The number of carbonyl (C=O) groups is 1. The Bertz CT molecular complexity index is 1130. The van der Waals surface area contributed by atoms with Crippen LogP contribution in [0.25, 0.3) is 10.9 Å². The highest BCUT2D eigenvalue weighted by atomic mass is 19.1. The molecule has 3 heterocycles. The lowest BCUT2D eigenvalue weighted by molar-refractivity contribution is -0.137. The van der Waals surface area contributed by atoms with Crippen LogP contribution in [0, 0.1) is 11.8 Å². The zero-order chi connectivity index (χ0) is 25.3. The van der Waals surface area contributed by atoms with Crippen molar-refractivity contribution in [2.24, 2.45) is 11.8 Å². The molecule has 2 aromatic heterocycles. The topological polar surface area (TPSA) is 75.5 Å². The molecule has 1 aromatic carbocycles. The summed E-state index contributed by atoms with van der Waals surface area (Å²) < 4.78 is 20.9. The first-order valence-corrected chi connectivity index (χ1v) is 12.9. The summed E-state index contributed by atoms with van der Waals surface area (Å²) in [5.41, 5.74) is 2.65. The van der Waals surface area contributed by atoms with Gasteiger partial charge in [0.2, 0.25) is 0 Å². The molecule has 192 valence electrons. The van der Waals surface area contributed by atoms with E-state index in [2.05, 4.69) is 20.9 Å². The van der Waals surface area contributed by atoms with Gasteiger partial charge in [-0.15, -0.1) is 0 Å². The van der Waals surface area contributed by atoms with Gasteiger partial charge < -0.3 is 14.7 Å². The maximum atomic E-state index is 15.5. The molecule has 2 unspecified atom stereocenters. The van der Waals surface area contributed by atoms with Crippen LogP contribution >= 0.6 is 0 Å². The minimum Gasteiger partial charge on any atom is -0.497 e. The van der Waals surface area contributed by atoms with Crippen molar-refractivity contribution in [2.45, 2.75) is 51.1 Å². The number of piperidine rings is 1. The number of aromatic nitrogens is 2. The van der Waals surface area contributed by atoms with Crippen molar-refractivity contribution in [3.05, 3.63) is 66.1 Å². The van der Waals surface area contributed by atoms with Gasteiger partial charge >= 0.3 is 5.97 Å². The van der Waals surface area contributed by atoms with Crippen LogP contribution in [0.3, 0.4) is 0 Å². The first-order chi connectivity index (χ1) is 17.5. The smallest absolute Gasteiger partial charge is 0.303 e. The van der Waals surface area contributed by atoms with E-state index in [9.17, 15) is 9.90 Å². The molecule has 3 atom stereocenters. The van der Waals surface area contributed by atoms with Gasteiger partial charge in [-0.1, -0.05) is 6.07 Å². The number of rotatable bonds is 12. The highest BCUT2D eigenvalue weighted by molar-refractivity contribution is 5.83. The Kier molecular flexibility index (Phi) is 9.23. The third-order valence-corrected chi connectivity index (χ3v) is 7.48. The third-order valence-electron chi connectivity index (χ3n) is 7.48. The Morgan fingerprint density at radius 3 is 2.89 bits per heavy atom. The van der Waals surface area contributed by atoms with Crippen molar-refractivity contribution in [3.8, 4) is 5.75 Å². The number of nitrogens with zero attached hydrogens (tertiary/aromatic N) is 3. The molecule has 0 radical (unpaired) electrons. The second-order valence-electron chi connectivity index (χ2n) is 9.83. The molecule has 1 N–H and O–H groups in total. The van der Waals surface area contributed by atoms with E-state index in [-0.39, 0.29) is 12.3 Å². The monoisotopic (exact) mass is 493 g/mol. The van der Waals surface area contributed by atoms with Crippen molar-refractivity contribution in [1.29, 1.82) is 0 Å². The molecule has 0 aliphatic carbocycles. The van der Waals surface area contributed by atoms with E-state index >= 15 is 4.39 Å². The minimum atomic E-state index is -1.10. The number of aliphatic carboxylic acids is 1. The number of ether oxygens (including phenoxy) is 1. The van der Waals surface area contributed by atoms with Crippen LogP contribution in [0.15, 0.2) is 55.0 Å². The van der Waals surface area contributed by atoms with Gasteiger partial charge in [0.05, 0.1) is 12.6 Å². The lowest BCUT2D eigenvalue weighted by Crippen LogP contribution is -2.41. The van der Waals surface area contributed by atoms with Crippen molar-refractivity contribution < 1.29 is 19.0 Å². The highest BCUT2D eigenvalue weighted by Crippen LogP contribution is 2.36. The summed E-state index contributed by atoms with van der Waals surface area (Å²) in [6.45, 7) is 2.85.